The lowest BCUT2D eigenvalue weighted by molar-refractivity contribution is 0.0553. The first-order valence-corrected chi connectivity index (χ1v) is 12.7. The lowest BCUT2D eigenvalue weighted by Gasteiger charge is -2.24. The van der Waals surface area contributed by atoms with E-state index in [-0.39, 0.29) is 0 Å². The smallest absolute Gasteiger partial charge is 0.339 e. The second kappa shape index (κ2) is 10.6. The molecule has 0 amide bonds. The molecule has 3 rings (SSSR count). The minimum Gasteiger partial charge on any atom is -0.465 e. The highest BCUT2D eigenvalue weighted by Gasteiger charge is 2.29. The van der Waals surface area contributed by atoms with Gasteiger partial charge in [0.15, 0.2) is 0 Å². The van der Waals surface area contributed by atoms with Crippen LogP contribution in [0.15, 0.2) is 12.1 Å². The first kappa shape index (κ1) is 25.7. The molecule has 0 aliphatic carbocycles. The van der Waals surface area contributed by atoms with Crippen LogP contribution in [-0.2, 0) is 48.0 Å². The quantitative estimate of drug-likeness (QED) is 0.269. The van der Waals surface area contributed by atoms with Gasteiger partial charge in [-0.15, -0.1) is 0 Å². The van der Waals surface area contributed by atoms with Crippen molar-refractivity contribution in [2.45, 2.75) is 80.1 Å². The average Bonchev–Trinajstić information content (AvgIpc) is 2.87. The molecule has 0 fully saturated rings. The molecular formula is C30H38O4. The lowest BCUT2D eigenvalue weighted by Crippen LogP contribution is -2.18. The summed E-state index contributed by atoms with van der Waals surface area (Å²) in [5, 5.41) is 4.59. The van der Waals surface area contributed by atoms with Crippen molar-refractivity contribution in [1.29, 1.82) is 0 Å². The fourth-order valence-electron chi connectivity index (χ4n) is 5.91. The summed E-state index contributed by atoms with van der Waals surface area (Å²) in [5.41, 5.74) is 8.09. The Balaban J connectivity index is 2.72. The highest BCUT2D eigenvalue weighted by atomic mass is 16.5. The van der Waals surface area contributed by atoms with Crippen LogP contribution in [0.1, 0.15) is 95.6 Å². The minimum atomic E-state index is -0.491. The highest BCUT2D eigenvalue weighted by molar-refractivity contribution is 6.14. The third-order valence-corrected chi connectivity index (χ3v) is 7.30. The SMILES string of the molecule is CCc1c(CC)c(CC)c2cc3c(CC)c(C(=O)OC)c(C(=O)OC)c(CC)c3cc2c1CC. The normalized spacial score (nSPS) is 11.3. The van der Waals surface area contributed by atoms with Crippen LogP contribution in [0.5, 0.6) is 0 Å². The van der Waals surface area contributed by atoms with Crippen molar-refractivity contribution in [2.75, 3.05) is 14.2 Å². The summed E-state index contributed by atoms with van der Waals surface area (Å²) in [6, 6.07) is 4.54. The molecule has 34 heavy (non-hydrogen) atoms. The molecule has 0 heterocycles. The van der Waals surface area contributed by atoms with Crippen LogP contribution >= 0.6 is 0 Å². The van der Waals surface area contributed by atoms with Crippen molar-refractivity contribution in [1.82, 2.24) is 0 Å². The van der Waals surface area contributed by atoms with E-state index in [1.165, 1.54) is 47.2 Å². The van der Waals surface area contributed by atoms with Gasteiger partial charge in [-0.2, -0.15) is 0 Å². The van der Waals surface area contributed by atoms with Crippen LogP contribution in [0.3, 0.4) is 0 Å². The number of aryl methyl sites for hydroxylation is 4. The number of methoxy groups -OCH3 is 2. The van der Waals surface area contributed by atoms with E-state index in [2.05, 4.69) is 39.8 Å². The summed E-state index contributed by atoms with van der Waals surface area (Å²) in [7, 11) is 2.73. The summed E-state index contributed by atoms with van der Waals surface area (Å²) in [5.74, 6) is -0.982. The van der Waals surface area contributed by atoms with Crippen LogP contribution in [0, 0.1) is 0 Å². The van der Waals surface area contributed by atoms with E-state index >= 15 is 0 Å². The predicted molar refractivity (Wildman–Crippen MR) is 140 cm³/mol. The molecule has 0 bridgehead atoms. The third-order valence-electron chi connectivity index (χ3n) is 7.30. The van der Waals surface area contributed by atoms with Crippen molar-refractivity contribution >= 4 is 33.5 Å². The van der Waals surface area contributed by atoms with Crippen LogP contribution in [-0.4, -0.2) is 26.2 Å². The van der Waals surface area contributed by atoms with Crippen LogP contribution < -0.4 is 0 Å². The van der Waals surface area contributed by atoms with Crippen molar-refractivity contribution in [3.8, 4) is 0 Å². The topological polar surface area (TPSA) is 52.6 Å². The Hall–Kier alpha value is -2.88. The van der Waals surface area contributed by atoms with Crippen molar-refractivity contribution in [2.24, 2.45) is 0 Å². The standard InChI is InChI=1S/C30H38O4/c1-9-17-18(10-2)20(12-4)24-16-26-22(14-6)28(30(32)34-8)27(29(31)33-7)21(13-5)25(26)15-23(24)19(17)11-3/h15-16H,9-14H2,1-8H3. The first-order chi connectivity index (χ1) is 16.4. The predicted octanol–water partition coefficient (Wildman–Crippen LogP) is 6.94. The largest absolute Gasteiger partial charge is 0.465 e. The molecule has 0 unspecified atom stereocenters. The number of rotatable bonds is 8. The van der Waals surface area contributed by atoms with E-state index in [1.807, 2.05) is 13.8 Å². The Morgan fingerprint density at radius 3 is 1.00 bits per heavy atom. The minimum absolute atomic E-state index is 0.343. The van der Waals surface area contributed by atoms with E-state index in [0.29, 0.717) is 24.0 Å². The molecule has 0 aliphatic heterocycles. The van der Waals surface area contributed by atoms with E-state index in [0.717, 1.165) is 47.6 Å². The number of fused-ring (bicyclic) bond motifs is 2. The van der Waals surface area contributed by atoms with Gasteiger partial charge in [-0.05, 0) is 106 Å². The Bertz CT molecular complexity index is 1170. The maximum atomic E-state index is 13.0. The molecule has 4 nitrogen and oxygen atoms in total. The molecule has 0 saturated heterocycles. The summed E-state index contributed by atoms with van der Waals surface area (Å²) in [4.78, 5) is 26.0. The zero-order valence-electron chi connectivity index (χ0n) is 22.0. The third kappa shape index (κ3) is 3.87. The molecule has 0 atom stereocenters. The van der Waals surface area contributed by atoms with Gasteiger partial charge >= 0.3 is 11.9 Å². The number of esters is 2. The summed E-state index contributed by atoms with van der Waals surface area (Å²) >= 11 is 0. The first-order valence-electron chi connectivity index (χ1n) is 12.7. The van der Waals surface area contributed by atoms with Crippen molar-refractivity contribution < 1.29 is 19.1 Å². The molecule has 0 spiro atoms. The molecule has 0 N–H and O–H groups in total. The fourth-order valence-corrected chi connectivity index (χ4v) is 5.91. The van der Waals surface area contributed by atoms with E-state index in [1.54, 1.807) is 0 Å². The van der Waals surface area contributed by atoms with Gasteiger partial charge in [0, 0.05) is 0 Å². The number of benzene rings is 3. The number of hydrogen-bond acceptors (Lipinski definition) is 4. The number of carbonyl (C=O) groups excluding carboxylic acids is 2. The van der Waals surface area contributed by atoms with Gasteiger partial charge in [-0.1, -0.05) is 41.5 Å². The second-order valence-corrected chi connectivity index (χ2v) is 8.67. The van der Waals surface area contributed by atoms with Gasteiger partial charge in [0.05, 0.1) is 25.3 Å². The van der Waals surface area contributed by atoms with Crippen LogP contribution in [0.25, 0.3) is 21.5 Å². The zero-order valence-corrected chi connectivity index (χ0v) is 22.0. The summed E-state index contributed by atoms with van der Waals surface area (Å²) in [6.07, 6.45) is 5.13. The Labute approximate surface area is 203 Å². The van der Waals surface area contributed by atoms with E-state index < -0.39 is 11.9 Å². The monoisotopic (exact) mass is 462 g/mol. The number of hydrogen-bond donors (Lipinski definition) is 0. The number of ether oxygens (including phenoxy) is 2. The Morgan fingerprint density at radius 2 is 0.765 bits per heavy atom. The molecular weight excluding hydrogens is 424 g/mol. The van der Waals surface area contributed by atoms with Gasteiger partial charge in [-0.25, -0.2) is 9.59 Å². The van der Waals surface area contributed by atoms with Gasteiger partial charge in [0.25, 0.3) is 0 Å². The number of carbonyl (C=O) groups is 2. The zero-order chi connectivity index (χ0) is 25.2. The van der Waals surface area contributed by atoms with E-state index in [4.69, 9.17) is 9.47 Å². The van der Waals surface area contributed by atoms with Gasteiger partial charge in [-0.3, -0.25) is 0 Å². The lowest BCUT2D eigenvalue weighted by atomic mass is 9.81. The summed E-state index contributed by atoms with van der Waals surface area (Å²) in [6.45, 7) is 13.0. The maximum Gasteiger partial charge on any atom is 0.339 e. The Kier molecular flexibility index (Phi) is 8.01. The maximum absolute atomic E-state index is 13.0. The molecule has 0 radical (unpaired) electrons. The molecule has 3 aromatic carbocycles. The van der Waals surface area contributed by atoms with Gasteiger partial charge < -0.3 is 9.47 Å². The molecule has 182 valence electrons. The molecule has 4 heteroatoms. The molecule has 3 aromatic rings. The van der Waals surface area contributed by atoms with Crippen molar-refractivity contribution in [3.63, 3.8) is 0 Å². The Morgan fingerprint density at radius 1 is 0.500 bits per heavy atom. The fraction of sp³-hybridized carbons (Fsp3) is 0.467. The molecule has 0 aromatic heterocycles. The van der Waals surface area contributed by atoms with Crippen LogP contribution in [0.4, 0.5) is 0 Å². The highest BCUT2D eigenvalue weighted by Crippen LogP contribution is 2.40. The summed E-state index contributed by atoms with van der Waals surface area (Å²) < 4.78 is 10.3. The van der Waals surface area contributed by atoms with Gasteiger partial charge in [0.2, 0.25) is 0 Å². The van der Waals surface area contributed by atoms with Crippen molar-refractivity contribution in [3.05, 3.63) is 56.6 Å². The molecule has 0 saturated carbocycles. The second-order valence-electron chi connectivity index (χ2n) is 8.67. The van der Waals surface area contributed by atoms with Gasteiger partial charge in [0.1, 0.15) is 0 Å². The van der Waals surface area contributed by atoms with E-state index in [9.17, 15) is 9.59 Å². The molecule has 0 aliphatic rings. The van der Waals surface area contributed by atoms with Crippen LogP contribution in [0.2, 0.25) is 0 Å². The average molecular weight is 463 g/mol.